The van der Waals surface area contributed by atoms with Crippen LogP contribution in [0.25, 0.3) is 0 Å². The van der Waals surface area contributed by atoms with Crippen LogP contribution in [-0.2, 0) is 16.6 Å². The van der Waals surface area contributed by atoms with Gasteiger partial charge in [0.1, 0.15) is 6.61 Å². The Hall–Kier alpha value is -1.63. The van der Waals surface area contributed by atoms with Gasteiger partial charge in [-0.3, -0.25) is 9.36 Å². The van der Waals surface area contributed by atoms with Gasteiger partial charge in [0.05, 0.1) is 6.04 Å². The first-order valence-corrected chi connectivity index (χ1v) is 6.54. The van der Waals surface area contributed by atoms with Gasteiger partial charge < -0.3 is 10.1 Å². The molecular formula is C12H22N4O3. The zero-order chi connectivity index (χ0) is 14.3. The molecular weight excluding hydrogens is 248 g/mol. The summed E-state index contributed by atoms with van der Waals surface area (Å²) in [5.74, 6) is 0.281. The molecule has 108 valence electrons. The summed E-state index contributed by atoms with van der Waals surface area (Å²) in [6, 6.07) is -0.337. The molecule has 1 unspecified atom stereocenters. The van der Waals surface area contributed by atoms with Crippen LogP contribution in [0.3, 0.4) is 0 Å². The molecule has 0 aromatic carbocycles. The smallest absolute Gasteiger partial charge is 0.343 e. The first-order valence-electron chi connectivity index (χ1n) is 6.54. The SMILES string of the molecule is CCCCCOCC(=O)NC(C)c1n[nH]c(=O)n1C. The third-order valence-corrected chi connectivity index (χ3v) is 2.80. The highest BCUT2D eigenvalue weighted by molar-refractivity contribution is 5.77. The number of amides is 1. The lowest BCUT2D eigenvalue weighted by Crippen LogP contribution is -2.32. The Balaban J connectivity index is 2.32. The van der Waals surface area contributed by atoms with Crippen molar-refractivity contribution in [2.45, 2.75) is 39.2 Å². The fourth-order valence-electron chi connectivity index (χ4n) is 1.71. The predicted octanol–water partition coefficient (Wildman–Crippen LogP) is 0.492. The fraction of sp³-hybridized carbons (Fsp3) is 0.750. The number of rotatable bonds is 8. The number of unbranched alkanes of at least 4 members (excludes halogenated alkanes) is 2. The van der Waals surface area contributed by atoms with Crippen molar-refractivity contribution in [1.29, 1.82) is 0 Å². The van der Waals surface area contributed by atoms with Crippen molar-refractivity contribution in [1.82, 2.24) is 20.1 Å². The summed E-state index contributed by atoms with van der Waals surface area (Å²) in [7, 11) is 1.60. The number of carbonyl (C=O) groups excluding carboxylic acids is 1. The molecule has 0 aliphatic carbocycles. The number of hydrogen-bond donors (Lipinski definition) is 2. The molecule has 0 saturated heterocycles. The second-order valence-electron chi connectivity index (χ2n) is 4.49. The molecule has 1 aromatic rings. The van der Waals surface area contributed by atoms with E-state index in [0.717, 1.165) is 19.3 Å². The fourth-order valence-corrected chi connectivity index (χ4v) is 1.71. The molecule has 0 radical (unpaired) electrons. The summed E-state index contributed by atoms with van der Waals surface area (Å²) in [5, 5.41) is 8.93. The lowest BCUT2D eigenvalue weighted by Gasteiger charge is -2.12. The van der Waals surface area contributed by atoms with Gasteiger partial charge >= 0.3 is 5.69 Å². The van der Waals surface area contributed by atoms with Gasteiger partial charge in [0.2, 0.25) is 5.91 Å². The van der Waals surface area contributed by atoms with Crippen molar-refractivity contribution >= 4 is 5.91 Å². The van der Waals surface area contributed by atoms with Gasteiger partial charge in [-0.2, -0.15) is 5.10 Å². The van der Waals surface area contributed by atoms with Gasteiger partial charge in [0, 0.05) is 13.7 Å². The second kappa shape index (κ2) is 7.73. The molecule has 1 amide bonds. The van der Waals surface area contributed by atoms with Crippen LogP contribution in [0, 0.1) is 0 Å². The van der Waals surface area contributed by atoms with Crippen LogP contribution < -0.4 is 11.0 Å². The van der Waals surface area contributed by atoms with E-state index in [2.05, 4.69) is 22.4 Å². The maximum Gasteiger partial charge on any atom is 0.343 e. The average Bonchev–Trinajstić information content (AvgIpc) is 2.70. The number of aromatic nitrogens is 3. The van der Waals surface area contributed by atoms with Crippen LogP contribution in [0.15, 0.2) is 4.79 Å². The van der Waals surface area contributed by atoms with E-state index >= 15 is 0 Å². The van der Waals surface area contributed by atoms with Gasteiger partial charge in [0.25, 0.3) is 0 Å². The number of H-pyrrole nitrogens is 1. The standard InChI is InChI=1S/C12H22N4O3/c1-4-5-6-7-19-8-10(17)13-9(2)11-14-15-12(18)16(11)3/h9H,4-8H2,1-3H3,(H,13,17)(H,15,18). The number of ether oxygens (including phenoxy) is 1. The monoisotopic (exact) mass is 270 g/mol. The Morgan fingerprint density at radius 1 is 1.53 bits per heavy atom. The lowest BCUT2D eigenvalue weighted by atomic mass is 10.3. The minimum atomic E-state index is -0.337. The number of nitrogens with zero attached hydrogens (tertiary/aromatic N) is 2. The predicted molar refractivity (Wildman–Crippen MR) is 70.7 cm³/mol. The summed E-state index contributed by atoms with van der Waals surface area (Å²) in [5.41, 5.74) is -0.299. The number of nitrogens with one attached hydrogen (secondary N) is 2. The van der Waals surface area contributed by atoms with Crippen LogP contribution in [0.5, 0.6) is 0 Å². The molecule has 19 heavy (non-hydrogen) atoms. The van der Waals surface area contributed by atoms with Gasteiger partial charge in [-0.1, -0.05) is 19.8 Å². The van der Waals surface area contributed by atoms with Gasteiger partial charge in [-0.25, -0.2) is 9.89 Å². The molecule has 2 N–H and O–H groups in total. The lowest BCUT2D eigenvalue weighted by molar-refractivity contribution is -0.126. The number of hydrogen-bond acceptors (Lipinski definition) is 4. The van der Waals surface area contributed by atoms with E-state index in [1.807, 2.05) is 0 Å². The molecule has 1 rings (SSSR count). The second-order valence-corrected chi connectivity index (χ2v) is 4.49. The first-order chi connectivity index (χ1) is 9.06. The molecule has 7 nitrogen and oxygen atoms in total. The Kier molecular flexibility index (Phi) is 6.27. The van der Waals surface area contributed by atoms with Crippen LogP contribution in [-0.4, -0.2) is 33.9 Å². The van der Waals surface area contributed by atoms with Gasteiger partial charge in [-0.15, -0.1) is 0 Å². The summed E-state index contributed by atoms with van der Waals surface area (Å²) >= 11 is 0. The molecule has 7 heteroatoms. The van der Waals surface area contributed by atoms with Crippen molar-refractivity contribution in [3.63, 3.8) is 0 Å². The zero-order valence-corrected chi connectivity index (χ0v) is 11.7. The normalized spacial score (nSPS) is 12.4. The topological polar surface area (TPSA) is 89.0 Å². The van der Waals surface area contributed by atoms with E-state index in [1.165, 1.54) is 4.57 Å². The molecule has 0 spiro atoms. The van der Waals surface area contributed by atoms with Crippen LogP contribution in [0.4, 0.5) is 0 Å². The molecule has 1 atom stereocenters. The number of aromatic amines is 1. The average molecular weight is 270 g/mol. The Bertz CT molecular complexity index is 452. The highest BCUT2D eigenvalue weighted by atomic mass is 16.5. The maximum atomic E-state index is 11.6. The van der Waals surface area contributed by atoms with E-state index in [0.29, 0.717) is 12.4 Å². The molecule has 1 heterocycles. The Labute approximate surface area is 112 Å². The van der Waals surface area contributed by atoms with Crippen molar-refractivity contribution in [2.24, 2.45) is 7.05 Å². The van der Waals surface area contributed by atoms with Crippen LogP contribution >= 0.6 is 0 Å². The van der Waals surface area contributed by atoms with Crippen molar-refractivity contribution < 1.29 is 9.53 Å². The summed E-state index contributed by atoms with van der Waals surface area (Å²) < 4.78 is 6.63. The third-order valence-electron chi connectivity index (χ3n) is 2.80. The maximum absolute atomic E-state index is 11.6. The molecule has 0 fully saturated rings. The van der Waals surface area contributed by atoms with E-state index in [4.69, 9.17) is 4.74 Å². The summed E-state index contributed by atoms with van der Waals surface area (Å²) in [6.45, 7) is 4.51. The van der Waals surface area contributed by atoms with Gasteiger partial charge in [0.15, 0.2) is 5.82 Å². The summed E-state index contributed by atoms with van der Waals surface area (Å²) in [6.07, 6.45) is 3.19. The minimum absolute atomic E-state index is 0.0342. The third kappa shape index (κ3) is 4.86. The molecule has 1 aromatic heterocycles. The zero-order valence-electron chi connectivity index (χ0n) is 11.7. The minimum Gasteiger partial charge on any atom is -0.372 e. The van der Waals surface area contributed by atoms with Crippen molar-refractivity contribution in [2.75, 3.05) is 13.2 Å². The van der Waals surface area contributed by atoms with Crippen molar-refractivity contribution in [3.8, 4) is 0 Å². The van der Waals surface area contributed by atoms with E-state index in [9.17, 15) is 9.59 Å². The van der Waals surface area contributed by atoms with Crippen molar-refractivity contribution in [3.05, 3.63) is 16.3 Å². The largest absolute Gasteiger partial charge is 0.372 e. The van der Waals surface area contributed by atoms with Crippen LogP contribution in [0.2, 0.25) is 0 Å². The molecule has 0 aliphatic heterocycles. The highest BCUT2D eigenvalue weighted by Crippen LogP contribution is 2.04. The molecule has 0 aliphatic rings. The molecule has 0 bridgehead atoms. The Morgan fingerprint density at radius 3 is 2.84 bits per heavy atom. The van der Waals surface area contributed by atoms with E-state index in [1.54, 1.807) is 14.0 Å². The van der Waals surface area contributed by atoms with Crippen LogP contribution in [0.1, 0.15) is 45.0 Å². The van der Waals surface area contributed by atoms with E-state index in [-0.39, 0.29) is 24.2 Å². The Morgan fingerprint density at radius 2 is 2.26 bits per heavy atom. The van der Waals surface area contributed by atoms with E-state index < -0.39 is 0 Å². The first kappa shape index (κ1) is 15.4. The van der Waals surface area contributed by atoms with Gasteiger partial charge in [-0.05, 0) is 13.3 Å². The highest BCUT2D eigenvalue weighted by Gasteiger charge is 2.15. The molecule has 0 saturated carbocycles. The number of carbonyl (C=O) groups is 1. The quantitative estimate of drug-likeness (QED) is 0.673. The summed E-state index contributed by atoms with van der Waals surface area (Å²) in [4.78, 5) is 22.8.